The predicted molar refractivity (Wildman–Crippen MR) is 85.7 cm³/mol. The van der Waals surface area contributed by atoms with E-state index in [9.17, 15) is 0 Å². The third kappa shape index (κ3) is 3.93. The minimum absolute atomic E-state index is 0.217. The number of morpholine rings is 1. The fraction of sp³-hybridized carbons (Fsp3) is 0.588. The van der Waals surface area contributed by atoms with Gasteiger partial charge < -0.3 is 9.47 Å². The van der Waals surface area contributed by atoms with Gasteiger partial charge in [-0.25, -0.2) is 0 Å². The molecule has 1 aromatic heterocycles. The zero-order valence-corrected chi connectivity index (χ0v) is 13.1. The van der Waals surface area contributed by atoms with E-state index in [1.807, 2.05) is 18.5 Å². The summed E-state index contributed by atoms with van der Waals surface area (Å²) in [6, 6.07) is 4.16. The van der Waals surface area contributed by atoms with Gasteiger partial charge in [0, 0.05) is 51.7 Å². The SMILES string of the molecule is C=CCN1CCOC[C@@]2(C1)CN(Cc1ccncc1)CCO2. The van der Waals surface area contributed by atoms with Crippen molar-refractivity contribution < 1.29 is 9.47 Å². The predicted octanol–water partition coefficient (Wildman–Crippen LogP) is 1.17. The van der Waals surface area contributed by atoms with Crippen LogP contribution in [0.25, 0.3) is 0 Å². The highest BCUT2D eigenvalue weighted by Crippen LogP contribution is 2.23. The summed E-state index contributed by atoms with van der Waals surface area (Å²) < 4.78 is 12.0. The smallest absolute Gasteiger partial charge is 0.117 e. The Morgan fingerprint density at radius 2 is 1.95 bits per heavy atom. The lowest BCUT2D eigenvalue weighted by Crippen LogP contribution is -2.58. The van der Waals surface area contributed by atoms with E-state index in [1.165, 1.54) is 5.56 Å². The summed E-state index contributed by atoms with van der Waals surface area (Å²) in [6.07, 6.45) is 5.66. The summed E-state index contributed by atoms with van der Waals surface area (Å²) in [5.74, 6) is 0. The van der Waals surface area contributed by atoms with Crippen LogP contribution in [0.5, 0.6) is 0 Å². The van der Waals surface area contributed by atoms with Gasteiger partial charge in [-0.05, 0) is 17.7 Å². The van der Waals surface area contributed by atoms with Gasteiger partial charge in [0.1, 0.15) is 5.60 Å². The molecule has 3 heterocycles. The van der Waals surface area contributed by atoms with Crippen LogP contribution in [-0.2, 0) is 16.0 Å². The van der Waals surface area contributed by atoms with Crippen molar-refractivity contribution >= 4 is 0 Å². The lowest BCUT2D eigenvalue weighted by molar-refractivity contribution is -0.142. The molecule has 1 aromatic rings. The Morgan fingerprint density at radius 3 is 2.77 bits per heavy atom. The van der Waals surface area contributed by atoms with Gasteiger partial charge in [0.25, 0.3) is 0 Å². The molecule has 0 saturated carbocycles. The monoisotopic (exact) mass is 303 g/mol. The largest absolute Gasteiger partial charge is 0.377 e. The molecule has 3 rings (SSSR count). The molecule has 2 saturated heterocycles. The van der Waals surface area contributed by atoms with Crippen LogP contribution in [0, 0.1) is 0 Å². The standard InChI is InChI=1S/C17H25N3O2/c1-2-7-19-8-10-21-15-17(13-19)14-20(9-11-22-17)12-16-3-5-18-6-4-16/h2-6H,1,7-15H2/t17-/m1/s1. The Kier molecular flexibility index (Phi) is 5.20. The lowest BCUT2D eigenvalue weighted by Gasteiger charge is -2.43. The Hall–Kier alpha value is -1.27. The highest BCUT2D eigenvalue weighted by atomic mass is 16.5. The molecule has 120 valence electrons. The van der Waals surface area contributed by atoms with Crippen LogP contribution in [0.2, 0.25) is 0 Å². The van der Waals surface area contributed by atoms with E-state index in [2.05, 4.69) is 33.5 Å². The zero-order valence-electron chi connectivity index (χ0n) is 13.1. The van der Waals surface area contributed by atoms with Crippen molar-refractivity contribution in [3.8, 4) is 0 Å². The topological polar surface area (TPSA) is 37.8 Å². The van der Waals surface area contributed by atoms with Crippen molar-refractivity contribution in [3.05, 3.63) is 42.7 Å². The number of hydrogen-bond donors (Lipinski definition) is 0. The van der Waals surface area contributed by atoms with Crippen molar-refractivity contribution in [2.24, 2.45) is 0 Å². The summed E-state index contributed by atoms with van der Waals surface area (Å²) in [7, 11) is 0. The normalized spacial score (nSPS) is 27.6. The van der Waals surface area contributed by atoms with Gasteiger partial charge in [-0.1, -0.05) is 6.08 Å². The molecule has 1 spiro atoms. The molecule has 0 aromatic carbocycles. The Balaban J connectivity index is 1.66. The molecule has 1 atom stereocenters. The maximum Gasteiger partial charge on any atom is 0.117 e. The van der Waals surface area contributed by atoms with E-state index in [4.69, 9.17) is 9.47 Å². The first-order chi connectivity index (χ1) is 10.8. The Morgan fingerprint density at radius 1 is 1.18 bits per heavy atom. The zero-order chi connectivity index (χ0) is 15.3. The van der Waals surface area contributed by atoms with Crippen molar-refractivity contribution in [3.63, 3.8) is 0 Å². The number of ether oxygens (including phenoxy) is 2. The summed E-state index contributed by atoms with van der Waals surface area (Å²) in [5.41, 5.74) is 1.08. The van der Waals surface area contributed by atoms with Gasteiger partial charge in [-0.2, -0.15) is 0 Å². The molecule has 0 amide bonds. The average Bonchev–Trinajstić information content (AvgIpc) is 2.71. The van der Waals surface area contributed by atoms with Crippen LogP contribution in [-0.4, -0.2) is 72.9 Å². The molecule has 0 unspecified atom stereocenters. The van der Waals surface area contributed by atoms with Crippen LogP contribution < -0.4 is 0 Å². The Bertz CT molecular complexity index is 482. The highest BCUT2D eigenvalue weighted by Gasteiger charge is 2.39. The molecular weight excluding hydrogens is 278 g/mol. The molecule has 2 aliphatic heterocycles. The average molecular weight is 303 g/mol. The number of rotatable bonds is 4. The summed E-state index contributed by atoms with van der Waals surface area (Å²) in [6.45, 7) is 11.6. The van der Waals surface area contributed by atoms with Gasteiger partial charge in [-0.15, -0.1) is 6.58 Å². The maximum absolute atomic E-state index is 6.18. The number of aromatic nitrogens is 1. The minimum atomic E-state index is -0.217. The van der Waals surface area contributed by atoms with E-state index in [1.54, 1.807) is 0 Å². The van der Waals surface area contributed by atoms with E-state index in [0.29, 0.717) is 6.61 Å². The van der Waals surface area contributed by atoms with E-state index >= 15 is 0 Å². The molecular formula is C17H25N3O2. The van der Waals surface area contributed by atoms with E-state index in [0.717, 1.165) is 52.5 Å². The summed E-state index contributed by atoms with van der Waals surface area (Å²) in [4.78, 5) is 8.91. The summed E-state index contributed by atoms with van der Waals surface area (Å²) in [5, 5.41) is 0. The van der Waals surface area contributed by atoms with Crippen LogP contribution in [0.1, 0.15) is 5.56 Å². The number of pyridine rings is 1. The van der Waals surface area contributed by atoms with Crippen molar-refractivity contribution in [2.75, 3.05) is 52.5 Å². The second kappa shape index (κ2) is 7.33. The number of nitrogens with zero attached hydrogens (tertiary/aromatic N) is 3. The van der Waals surface area contributed by atoms with Gasteiger partial charge >= 0.3 is 0 Å². The lowest BCUT2D eigenvalue weighted by atomic mass is 10.0. The first kappa shape index (κ1) is 15.6. The summed E-state index contributed by atoms with van der Waals surface area (Å²) >= 11 is 0. The molecule has 5 nitrogen and oxygen atoms in total. The first-order valence-corrected chi connectivity index (χ1v) is 7.96. The third-order valence-corrected chi connectivity index (χ3v) is 4.30. The van der Waals surface area contributed by atoms with Crippen LogP contribution >= 0.6 is 0 Å². The van der Waals surface area contributed by atoms with Crippen molar-refractivity contribution in [1.82, 2.24) is 14.8 Å². The fourth-order valence-electron chi connectivity index (χ4n) is 3.31. The van der Waals surface area contributed by atoms with Gasteiger partial charge in [0.05, 0.1) is 19.8 Å². The second-order valence-corrected chi connectivity index (χ2v) is 6.17. The maximum atomic E-state index is 6.18. The van der Waals surface area contributed by atoms with Crippen LogP contribution in [0.15, 0.2) is 37.2 Å². The molecule has 0 N–H and O–H groups in total. The fourth-order valence-corrected chi connectivity index (χ4v) is 3.31. The second-order valence-electron chi connectivity index (χ2n) is 6.17. The first-order valence-electron chi connectivity index (χ1n) is 7.96. The molecule has 0 radical (unpaired) electrons. The highest BCUT2D eigenvalue weighted by molar-refractivity contribution is 5.10. The molecule has 2 aliphatic rings. The van der Waals surface area contributed by atoms with Crippen LogP contribution in [0.4, 0.5) is 0 Å². The van der Waals surface area contributed by atoms with Crippen molar-refractivity contribution in [1.29, 1.82) is 0 Å². The quantitative estimate of drug-likeness (QED) is 0.781. The molecule has 22 heavy (non-hydrogen) atoms. The van der Waals surface area contributed by atoms with Crippen molar-refractivity contribution in [2.45, 2.75) is 12.1 Å². The number of hydrogen-bond acceptors (Lipinski definition) is 5. The minimum Gasteiger partial charge on any atom is -0.377 e. The molecule has 0 aliphatic carbocycles. The molecule has 0 bridgehead atoms. The molecule has 5 heteroatoms. The van der Waals surface area contributed by atoms with Gasteiger partial charge in [0.2, 0.25) is 0 Å². The van der Waals surface area contributed by atoms with Crippen LogP contribution in [0.3, 0.4) is 0 Å². The Labute approximate surface area is 132 Å². The molecule has 2 fully saturated rings. The van der Waals surface area contributed by atoms with Gasteiger partial charge in [-0.3, -0.25) is 14.8 Å². The van der Waals surface area contributed by atoms with E-state index < -0.39 is 0 Å². The van der Waals surface area contributed by atoms with E-state index in [-0.39, 0.29) is 5.60 Å². The van der Waals surface area contributed by atoms with Gasteiger partial charge in [0.15, 0.2) is 0 Å². The third-order valence-electron chi connectivity index (χ3n) is 4.30.